The SMILES string of the molecule is COC(=O)c1[nH]c2ccccc2c1CC(C)N.Cl. The van der Waals surface area contributed by atoms with E-state index in [0.717, 1.165) is 16.5 Å². The number of para-hydroxylation sites is 1. The molecule has 2 aromatic rings. The molecule has 1 atom stereocenters. The number of nitrogens with one attached hydrogen (secondary N) is 1. The summed E-state index contributed by atoms with van der Waals surface area (Å²) in [6.07, 6.45) is 0.647. The van der Waals surface area contributed by atoms with Crippen LogP contribution in [0.3, 0.4) is 0 Å². The minimum atomic E-state index is -0.350. The molecule has 1 unspecified atom stereocenters. The molecule has 0 bridgehead atoms. The van der Waals surface area contributed by atoms with E-state index in [1.54, 1.807) is 0 Å². The summed E-state index contributed by atoms with van der Waals surface area (Å²) in [5.74, 6) is -0.350. The van der Waals surface area contributed by atoms with Crippen LogP contribution in [-0.2, 0) is 11.2 Å². The third-order valence-corrected chi connectivity index (χ3v) is 2.73. The number of fused-ring (bicyclic) bond motifs is 1. The van der Waals surface area contributed by atoms with Gasteiger partial charge in [-0.15, -0.1) is 12.4 Å². The standard InChI is InChI=1S/C13H16N2O2.ClH/c1-8(14)7-10-9-5-3-4-6-11(9)15-12(10)13(16)17-2;/h3-6,8,15H,7,14H2,1-2H3;1H. The molecular weight excluding hydrogens is 252 g/mol. The molecule has 0 aliphatic carbocycles. The van der Waals surface area contributed by atoms with Gasteiger partial charge in [-0.25, -0.2) is 4.79 Å². The first kappa shape index (κ1) is 14.5. The lowest BCUT2D eigenvalue weighted by atomic mass is 10.0. The highest BCUT2D eigenvalue weighted by atomic mass is 35.5. The maximum atomic E-state index is 11.7. The summed E-state index contributed by atoms with van der Waals surface area (Å²) >= 11 is 0. The van der Waals surface area contributed by atoms with Crippen LogP contribution in [0.5, 0.6) is 0 Å². The average Bonchev–Trinajstić information content (AvgIpc) is 2.67. The molecular formula is C13H17ClN2O2. The van der Waals surface area contributed by atoms with E-state index in [-0.39, 0.29) is 24.4 Å². The van der Waals surface area contributed by atoms with Crippen molar-refractivity contribution in [1.29, 1.82) is 0 Å². The van der Waals surface area contributed by atoms with Gasteiger partial charge in [0.05, 0.1) is 7.11 Å². The predicted molar refractivity (Wildman–Crippen MR) is 74.2 cm³/mol. The lowest BCUT2D eigenvalue weighted by molar-refractivity contribution is 0.0594. The number of esters is 1. The Morgan fingerprint density at radius 3 is 2.72 bits per heavy atom. The summed E-state index contributed by atoms with van der Waals surface area (Å²) < 4.78 is 4.78. The van der Waals surface area contributed by atoms with E-state index in [9.17, 15) is 4.79 Å². The number of carbonyl (C=O) groups is 1. The molecule has 4 nitrogen and oxygen atoms in total. The van der Waals surface area contributed by atoms with Crippen LogP contribution >= 0.6 is 12.4 Å². The van der Waals surface area contributed by atoms with Crippen LogP contribution in [-0.4, -0.2) is 24.1 Å². The van der Waals surface area contributed by atoms with Crippen molar-refractivity contribution in [3.8, 4) is 0 Å². The minimum Gasteiger partial charge on any atom is -0.464 e. The topological polar surface area (TPSA) is 68.1 Å². The van der Waals surface area contributed by atoms with Crippen LogP contribution in [0, 0.1) is 0 Å². The second-order valence-electron chi connectivity index (χ2n) is 4.20. The summed E-state index contributed by atoms with van der Waals surface area (Å²) in [6.45, 7) is 1.92. The van der Waals surface area contributed by atoms with Crippen LogP contribution in [0.1, 0.15) is 23.0 Å². The fourth-order valence-corrected chi connectivity index (χ4v) is 2.01. The molecule has 0 fully saturated rings. The fourth-order valence-electron chi connectivity index (χ4n) is 2.01. The Balaban J connectivity index is 0.00000162. The fraction of sp³-hybridized carbons (Fsp3) is 0.308. The maximum absolute atomic E-state index is 11.7. The Morgan fingerprint density at radius 2 is 2.11 bits per heavy atom. The van der Waals surface area contributed by atoms with Crippen molar-refractivity contribution in [3.05, 3.63) is 35.5 Å². The van der Waals surface area contributed by atoms with Crippen LogP contribution in [0.25, 0.3) is 10.9 Å². The Kier molecular flexibility index (Phi) is 4.76. The van der Waals surface area contributed by atoms with Crippen molar-refractivity contribution in [2.75, 3.05) is 7.11 Å². The predicted octanol–water partition coefficient (Wildman–Crippen LogP) is 2.27. The summed E-state index contributed by atoms with van der Waals surface area (Å²) in [5.41, 5.74) is 8.19. The zero-order valence-electron chi connectivity index (χ0n) is 10.4. The van der Waals surface area contributed by atoms with E-state index < -0.39 is 0 Å². The average molecular weight is 269 g/mol. The summed E-state index contributed by atoms with van der Waals surface area (Å²) in [7, 11) is 1.38. The van der Waals surface area contributed by atoms with Crippen molar-refractivity contribution in [1.82, 2.24) is 4.98 Å². The van der Waals surface area contributed by atoms with Gasteiger partial charge in [0, 0.05) is 16.9 Å². The van der Waals surface area contributed by atoms with Gasteiger partial charge in [0.15, 0.2) is 0 Å². The number of H-pyrrole nitrogens is 1. The van der Waals surface area contributed by atoms with Gasteiger partial charge >= 0.3 is 5.97 Å². The Morgan fingerprint density at radius 1 is 1.44 bits per heavy atom. The van der Waals surface area contributed by atoms with Crippen molar-refractivity contribution in [2.24, 2.45) is 5.73 Å². The Bertz CT molecular complexity index is 549. The molecule has 0 saturated heterocycles. The normalized spacial score (nSPS) is 11.9. The number of methoxy groups -OCH3 is 1. The van der Waals surface area contributed by atoms with Crippen LogP contribution in [0.4, 0.5) is 0 Å². The largest absolute Gasteiger partial charge is 0.464 e. The highest BCUT2D eigenvalue weighted by Gasteiger charge is 2.18. The van der Waals surface area contributed by atoms with Gasteiger partial charge in [-0.3, -0.25) is 0 Å². The number of hydrogen-bond acceptors (Lipinski definition) is 3. The molecule has 0 radical (unpaired) electrons. The number of rotatable bonds is 3. The molecule has 0 saturated carbocycles. The molecule has 1 aromatic carbocycles. The van der Waals surface area contributed by atoms with Gasteiger partial charge in [0.2, 0.25) is 0 Å². The van der Waals surface area contributed by atoms with Gasteiger partial charge in [-0.1, -0.05) is 18.2 Å². The van der Waals surface area contributed by atoms with E-state index in [1.807, 2.05) is 31.2 Å². The lowest BCUT2D eigenvalue weighted by Crippen LogP contribution is -2.19. The van der Waals surface area contributed by atoms with Crippen LogP contribution < -0.4 is 5.73 Å². The summed E-state index contributed by atoms with van der Waals surface area (Å²) in [5, 5.41) is 1.03. The van der Waals surface area contributed by atoms with Crippen molar-refractivity contribution in [3.63, 3.8) is 0 Å². The molecule has 1 aromatic heterocycles. The number of nitrogens with two attached hydrogens (primary N) is 1. The van der Waals surface area contributed by atoms with E-state index in [0.29, 0.717) is 12.1 Å². The monoisotopic (exact) mass is 268 g/mol. The number of ether oxygens (including phenoxy) is 1. The van der Waals surface area contributed by atoms with Crippen LogP contribution in [0.2, 0.25) is 0 Å². The first-order chi connectivity index (χ1) is 8.13. The third-order valence-electron chi connectivity index (χ3n) is 2.73. The number of benzene rings is 1. The highest BCUT2D eigenvalue weighted by molar-refractivity contribution is 5.98. The van der Waals surface area contributed by atoms with E-state index in [2.05, 4.69) is 4.98 Å². The molecule has 0 amide bonds. The van der Waals surface area contributed by atoms with Crippen molar-refractivity contribution in [2.45, 2.75) is 19.4 Å². The Hall–Kier alpha value is -1.52. The second kappa shape index (κ2) is 5.89. The first-order valence-electron chi connectivity index (χ1n) is 5.57. The van der Waals surface area contributed by atoms with Crippen LogP contribution in [0.15, 0.2) is 24.3 Å². The van der Waals surface area contributed by atoms with E-state index >= 15 is 0 Å². The number of carbonyl (C=O) groups excluding carboxylic acids is 1. The molecule has 0 aliphatic rings. The zero-order valence-corrected chi connectivity index (χ0v) is 11.2. The number of hydrogen-bond donors (Lipinski definition) is 2. The van der Waals surface area contributed by atoms with E-state index in [4.69, 9.17) is 10.5 Å². The lowest BCUT2D eigenvalue weighted by Gasteiger charge is -2.06. The zero-order chi connectivity index (χ0) is 12.4. The maximum Gasteiger partial charge on any atom is 0.354 e. The molecule has 18 heavy (non-hydrogen) atoms. The van der Waals surface area contributed by atoms with Gasteiger partial charge in [0.1, 0.15) is 5.69 Å². The van der Waals surface area contributed by atoms with Crippen molar-refractivity contribution < 1.29 is 9.53 Å². The highest BCUT2D eigenvalue weighted by Crippen LogP contribution is 2.24. The van der Waals surface area contributed by atoms with Gasteiger partial charge in [-0.2, -0.15) is 0 Å². The third kappa shape index (κ3) is 2.66. The smallest absolute Gasteiger partial charge is 0.354 e. The molecule has 5 heteroatoms. The minimum absolute atomic E-state index is 0. The molecule has 0 spiro atoms. The van der Waals surface area contributed by atoms with Crippen molar-refractivity contribution >= 4 is 29.3 Å². The molecule has 3 N–H and O–H groups in total. The van der Waals surface area contributed by atoms with Gasteiger partial charge in [0.25, 0.3) is 0 Å². The number of halogens is 1. The van der Waals surface area contributed by atoms with E-state index in [1.165, 1.54) is 7.11 Å². The van der Waals surface area contributed by atoms with Gasteiger partial charge < -0.3 is 15.5 Å². The first-order valence-corrected chi connectivity index (χ1v) is 5.57. The molecule has 1 heterocycles. The summed E-state index contributed by atoms with van der Waals surface area (Å²) in [6, 6.07) is 7.79. The Labute approximate surface area is 112 Å². The quantitative estimate of drug-likeness (QED) is 0.839. The molecule has 2 rings (SSSR count). The molecule has 0 aliphatic heterocycles. The number of aromatic nitrogens is 1. The second-order valence-corrected chi connectivity index (χ2v) is 4.20. The van der Waals surface area contributed by atoms with Gasteiger partial charge in [-0.05, 0) is 25.0 Å². The molecule has 98 valence electrons. The summed E-state index contributed by atoms with van der Waals surface area (Å²) in [4.78, 5) is 14.8. The number of aromatic amines is 1.